The zero-order valence-corrected chi connectivity index (χ0v) is 24.3. The molecule has 0 radical (unpaired) electrons. The van der Waals surface area contributed by atoms with Crippen LogP contribution < -0.4 is 30.3 Å². The zero-order valence-electron chi connectivity index (χ0n) is 21.9. The summed E-state index contributed by atoms with van der Waals surface area (Å²) in [5.74, 6) is 2.92. The van der Waals surface area contributed by atoms with Crippen LogP contribution in [0.3, 0.4) is 0 Å². The van der Waals surface area contributed by atoms with Gasteiger partial charge in [0.1, 0.15) is 13.2 Å². The first kappa shape index (κ1) is 30.6. The molecule has 0 aromatic heterocycles. The number of terminal acetylenes is 1. The summed E-state index contributed by atoms with van der Waals surface area (Å²) in [5.41, 5.74) is 4.43. The van der Waals surface area contributed by atoms with E-state index in [1.54, 1.807) is 44.2 Å². The van der Waals surface area contributed by atoms with Gasteiger partial charge in [0.05, 0.1) is 41.0 Å². The maximum atomic E-state index is 12.4. The molecule has 2 aromatic rings. The van der Waals surface area contributed by atoms with Gasteiger partial charge in [0.25, 0.3) is 0 Å². The fourth-order valence-electron chi connectivity index (χ4n) is 3.73. The lowest BCUT2D eigenvalue weighted by atomic mass is 9.95. The van der Waals surface area contributed by atoms with Crippen molar-refractivity contribution in [1.82, 2.24) is 16.1 Å². The number of methoxy groups -OCH3 is 1. The van der Waals surface area contributed by atoms with Gasteiger partial charge in [-0.25, -0.2) is 9.59 Å². The molecule has 3 rings (SSSR count). The average Bonchev–Trinajstić information content (AvgIpc) is 2.91. The van der Waals surface area contributed by atoms with Crippen molar-refractivity contribution in [2.75, 3.05) is 26.9 Å². The number of carbonyl (C=O) groups excluding carboxylic acids is 2. The Morgan fingerprint density at radius 2 is 2.08 bits per heavy atom. The first-order valence-electron chi connectivity index (χ1n) is 12.0. The van der Waals surface area contributed by atoms with Gasteiger partial charge in [0, 0.05) is 5.70 Å². The summed E-state index contributed by atoms with van der Waals surface area (Å²) < 4.78 is 22.4. The van der Waals surface area contributed by atoms with E-state index in [-0.39, 0.29) is 18.8 Å². The van der Waals surface area contributed by atoms with Crippen molar-refractivity contribution in [3.8, 4) is 29.6 Å². The first-order valence-corrected chi connectivity index (χ1v) is 13.1. The van der Waals surface area contributed by atoms with Crippen LogP contribution in [0.15, 0.2) is 51.2 Å². The molecule has 2 atom stereocenters. The van der Waals surface area contributed by atoms with Crippen molar-refractivity contribution in [2.45, 2.75) is 26.1 Å². The predicted molar refractivity (Wildman–Crippen MR) is 152 cm³/mol. The number of hydrogen-bond donors (Lipinski definition) is 4. The number of carbonyl (C=O) groups is 2. The summed E-state index contributed by atoms with van der Waals surface area (Å²) in [4.78, 5) is 24.5. The van der Waals surface area contributed by atoms with E-state index in [2.05, 4.69) is 43.0 Å². The van der Waals surface area contributed by atoms with E-state index in [1.807, 2.05) is 0 Å². The second kappa shape index (κ2) is 14.5. The fraction of sp³-hybridized carbons (Fsp3) is 0.296. The summed E-state index contributed by atoms with van der Waals surface area (Å²) in [6.45, 7) is 3.65. The number of hydrazone groups is 1. The highest BCUT2D eigenvalue weighted by Crippen LogP contribution is 2.35. The lowest BCUT2D eigenvalue weighted by Gasteiger charge is -2.28. The number of urea groups is 1. The predicted octanol–water partition coefficient (Wildman–Crippen LogP) is 3.64. The molecule has 0 spiro atoms. The molecule has 212 valence electrons. The van der Waals surface area contributed by atoms with Crippen LogP contribution in [0.2, 0.25) is 5.02 Å². The van der Waals surface area contributed by atoms with Gasteiger partial charge in [-0.2, -0.15) is 5.10 Å². The molecule has 0 unspecified atom stereocenters. The Labute approximate surface area is 245 Å². The number of benzene rings is 2. The van der Waals surface area contributed by atoms with Crippen molar-refractivity contribution < 1.29 is 33.6 Å². The molecule has 0 saturated carbocycles. The number of hydrogen-bond acceptors (Lipinski definition) is 9. The number of aliphatic hydroxyl groups is 1. The third-order valence-corrected chi connectivity index (χ3v) is 6.30. The summed E-state index contributed by atoms with van der Waals surface area (Å²) >= 11 is 9.62. The third kappa shape index (κ3) is 7.81. The topological polar surface area (TPSA) is 140 Å². The quantitative estimate of drug-likeness (QED) is 0.0912. The Bertz CT molecular complexity index is 1340. The maximum Gasteiger partial charge on any atom is 0.337 e. The van der Waals surface area contributed by atoms with Crippen LogP contribution in [0, 0.1) is 12.3 Å². The number of esters is 1. The van der Waals surface area contributed by atoms with Gasteiger partial charge in [-0.15, -0.1) is 6.42 Å². The fourth-order valence-corrected chi connectivity index (χ4v) is 4.71. The third-order valence-electron chi connectivity index (χ3n) is 5.43. The molecule has 11 nitrogen and oxygen atoms in total. The summed E-state index contributed by atoms with van der Waals surface area (Å²) in [6, 6.07) is 7.11. The van der Waals surface area contributed by atoms with Crippen LogP contribution in [0.4, 0.5) is 4.79 Å². The molecule has 0 aliphatic carbocycles. The second-order valence-electron chi connectivity index (χ2n) is 8.22. The Morgan fingerprint density at radius 1 is 1.30 bits per heavy atom. The SMILES string of the molecule is C#CCOc1c(Cl)cc(/C=N\N[C@H](O)COc2ccc([C@@H]3NC(=O)NC(C)=C3C(=O)OC)cc2OCC)cc1Br. The number of allylic oxidation sites excluding steroid dienone is 1. The molecular weight excluding hydrogens is 608 g/mol. The number of nitrogens with one attached hydrogen (secondary N) is 3. The molecule has 40 heavy (non-hydrogen) atoms. The Hall–Kier alpha value is -3.92. The second-order valence-corrected chi connectivity index (χ2v) is 9.48. The highest BCUT2D eigenvalue weighted by Gasteiger charge is 2.32. The van der Waals surface area contributed by atoms with Crippen LogP contribution in [0.5, 0.6) is 17.2 Å². The number of ether oxygens (including phenoxy) is 4. The number of amides is 2. The van der Waals surface area contributed by atoms with Gasteiger partial charge in [-0.05, 0) is 65.2 Å². The van der Waals surface area contributed by atoms with Gasteiger partial charge in [-0.1, -0.05) is 23.6 Å². The van der Waals surface area contributed by atoms with E-state index in [4.69, 9.17) is 37.0 Å². The molecule has 1 aliphatic heterocycles. The van der Waals surface area contributed by atoms with Crippen molar-refractivity contribution in [3.63, 3.8) is 0 Å². The average molecular weight is 636 g/mol. The number of aliphatic hydroxyl groups excluding tert-OH is 1. The molecule has 0 fully saturated rings. The number of nitrogens with zero attached hydrogens (tertiary/aromatic N) is 1. The molecule has 1 aliphatic rings. The Balaban J connectivity index is 1.68. The monoisotopic (exact) mass is 634 g/mol. The molecular formula is C27H28BrClN4O7. The summed E-state index contributed by atoms with van der Waals surface area (Å²) in [7, 11) is 1.27. The smallest absolute Gasteiger partial charge is 0.337 e. The van der Waals surface area contributed by atoms with Gasteiger partial charge in [0.2, 0.25) is 0 Å². The van der Waals surface area contributed by atoms with E-state index >= 15 is 0 Å². The van der Waals surface area contributed by atoms with Gasteiger partial charge < -0.3 is 34.7 Å². The first-order chi connectivity index (χ1) is 19.2. The van der Waals surface area contributed by atoms with Crippen LogP contribution in [0.1, 0.15) is 31.0 Å². The lowest BCUT2D eigenvalue weighted by molar-refractivity contribution is -0.136. The normalized spacial score (nSPS) is 15.5. The Kier molecular flexibility index (Phi) is 11.1. The van der Waals surface area contributed by atoms with Gasteiger partial charge in [-0.3, -0.25) is 5.43 Å². The summed E-state index contributed by atoms with van der Waals surface area (Å²) in [6.07, 6.45) is 5.52. The molecule has 13 heteroatoms. The van der Waals surface area contributed by atoms with Gasteiger partial charge >= 0.3 is 12.0 Å². The molecule has 2 aromatic carbocycles. The molecule has 2 amide bonds. The van der Waals surface area contributed by atoms with Crippen LogP contribution in [-0.2, 0) is 9.53 Å². The van der Waals surface area contributed by atoms with E-state index in [1.165, 1.54) is 13.3 Å². The molecule has 4 N–H and O–H groups in total. The minimum atomic E-state index is -1.16. The minimum Gasteiger partial charge on any atom is -0.490 e. The zero-order chi connectivity index (χ0) is 29.2. The molecule has 0 bridgehead atoms. The van der Waals surface area contributed by atoms with Crippen molar-refractivity contribution in [2.24, 2.45) is 5.10 Å². The van der Waals surface area contributed by atoms with E-state index in [9.17, 15) is 14.7 Å². The van der Waals surface area contributed by atoms with E-state index in [0.29, 0.717) is 50.2 Å². The maximum absolute atomic E-state index is 12.4. The lowest BCUT2D eigenvalue weighted by Crippen LogP contribution is -2.45. The van der Waals surface area contributed by atoms with Crippen LogP contribution in [0.25, 0.3) is 0 Å². The highest BCUT2D eigenvalue weighted by atomic mass is 79.9. The van der Waals surface area contributed by atoms with Crippen LogP contribution >= 0.6 is 27.5 Å². The van der Waals surface area contributed by atoms with Crippen LogP contribution in [-0.4, -0.2) is 56.5 Å². The summed E-state index contributed by atoms with van der Waals surface area (Å²) in [5, 5.41) is 20.0. The number of halogens is 2. The molecule has 0 saturated heterocycles. The minimum absolute atomic E-state index is 0.0765. The highest BCUT2D eigenvalue weighted by molar-refractivity contribution is 9.10. The standard InChI is InChI=1S/C27H28BrClN4O7/c1-5-9-39-25-18(28)10-16(11-19(25)29)13-30-33-22(34)14-40-20-8-7-17(12-21(20)38-6-2)24-23(26(35)37-4)15(3)31-27(36)32-24/h1,7-8,10-13,22,24,33-34H,6,9,14H2,2-4H3,(H2,31,32,36)/b30-13-/t22-,24+/m1/s1. The van der Waals surface area contributed by atoms with Crippen molar-refractivity contribution >= 4 is 45.7 Å². The number of rotatable bonds is 12. The van der Waals surface area contributed by atoms with E-state index < -0.39 is 24.3 Å². The van der Waals surface area contributed by atoms with Crippen molar-refractivity contribution in [3.05, 3.63) is 62.2 Å². The van der Waals surface area contributed by atoms with Crippen molar-refractivity contribution in [1.29, 1.82) is 0 Å². The molecule has 1 heterocycles. The Morgan fingerprint density at radius 3 is 2.75 bits per heavy atom. The van der Waals surface area contributed by atoms with E-state index in [0.717, 1.165) is 0 Å². The largest absolute Gasteiger partial charge is 0.490 e. The van der Waals surface area contributed by atoms with Gasteiger partial charge in [0.15, 0.2) is 23.5 Å².